The van der Waals surface area contributed by atoms with E-state index < -0.39 is 0 Å². The first kappa shape index (κ1) is 14.7. The van der Waals surface area contributed by atoms with Crippen LogP contribution in [0.1, 0.15) is 12.0 Å². The quantitative estimate of drug-likeness (QED) is 0.503. The number of H-pyrrole nitrogens is 2. The summed E-state index contributed by atoms with van der Waals surface area (Å²) in [7, 11) is 0. The van der Waals surface area contributed by atoms with Gasteiger partial charge in [-0.3, -0.25) is 0 Å². The van der Waals surface area contributed by atoms with Crippen LogP contribution in [-0.2, 0) is 0 Å². The van der Waals surface area contributed by atoms with Gasteiger partial charge in [0, 0.05) is 47.7 Å². The number of pyridine rings is 2. The number of fused-ring (bicyclic) bond motifs is 2. The lowest BCUT2D eigenvalue weighted by Crippen LogP contribution is -2.19. The maximum Gasteiger partial charge on any atom is 0.137 e. The highest BCUT2D eigenvalue weighted by Gasteiger charge is 2.10. The number of aromatic amines is 2. The van der Waals surface area contributed by atoms with E-state index in [0.29, 0.717) is 0 Å². The predicted molar refractivity (Wildman–Crippen MR) is 97.7 cm³/mol. The van der Waals surface area contributed by atoms with Gasteiger partial charge in [0.05, 0.1) is 0 Å². The summed E-state index contributed by atoms with van der Waals surface area (Å²) in [5.41, 5.74) is 4.66. The molecule has 0 saturated carbocycles. The van der Waals surface area contributed by atoms with E-state index in [-0.39, 0.29) is 0 Å². The number of hydrogen-bond donors (Lipinski definition) is 3. The second-order valence-corrected chi connectivity index (χ2v) is 5.70. The third kappa shape index (κ3) is 2.94. The van der Waals surface area contributed by atoms with Crippen molar-refractivity contribution in [2.45, 2.75) is 6.42 Å². The van der Waals surface area contributed by atoms with Crippen LogP contribution in [0.3, 0.4) is 0 Å². The maximum atomic E-state index is 4.30. The molecular weight excluding hydrogens is 298 g/mol. The summed E-state index contributed by atoms with van der Waals surface area (Å²) in [5.74, 6) is 0. The second kappa shape index (κ2) is 6.68. The largest absolute Gasteiger partial charge is 0.346 e. The standard InChI is InChI=1S/C12H13N3.C7H6N2/c1-2-10-11(8-15-12(10)14-5-1)9-3-6-13-7-4-9;1-2-6-3-5-9-7(6)8-4-1/h1-3,5,8,13H,4,6-7H2,(H,14,15);1-5H,(H,8,9). The van der Waals surface area contributed by atoms with E-state index in [2.05, 4.69) is 43.6 Å². The summed E-state index contributed by atoms with van der Waals surface area (Å²) in [6.45, 7) is 2.04. The van der Waals surface area contributed by atoms with Crippen LogP contribution < -0.4 is 5.32 Å². The van der Waals surface area contributed by atoms with Crippen molar-refractivity contribution in [3.05, 3.63) is 66.8 Å². The summed E-state index contributed by atoms with van der Waals surface area (Å²) in [4.78, 5) is 14.6. The van der Waals surface area contributed by atoms with Crippen LogP contribution in [0.2, 0.25) is 0 Å². The Hall–Kier alpha value is -2.92. The lowest BCUT2D eigenvalue weighted by atomic mass is 10.0. The average Bonchev–Trinajstić information content (AvgIpc) is 3.30. The van der Waals surface area contributed by atoms with Crippen LogP contribution in [0.5, 0.6) is 0 Å². The smallest absolute Gasteiger partial charge is 0.137 e. The Morgan fingerprint density at radius 2 is 1.79 bits per heavy atom. The van der Waals surface area contributed by atoms with Crippen molar-refractivity contribution in [2.24, 2.45) is 0 Å². The summed E-state index contributed by atoms with van der Waals surface area (Å²) >= 11 is 0. The van der Waals surface area contributed by atoms with Crippen LogP contribution in [0, 0.1) is 0 Å². The van der Waals surface area contributed by atoms with Gasteiger partial charge in [-0.15, -0.1) is 0 Å². The Bertz CT molecular complexity index is 949. The van der Waals surface area contributed by atoms with E-state index >= 15 is 0 Å². The van der Waals surface area contributed by atoms with Gasteiger partial charge in [0.2, 0.25) is 0 Å². The van der Waals surface area contributed by atoms with Crippen LogP contribution in [0.4, 0.5) is 0 Å². The van der Waals surface area contributed by atoms with Crippen LogP contribution in [0.25, 0.3) is 27.6 Å². The number of aromatic nitrogens is 4. The van der Waals surface area contributed by atoms with Gasteiger partial charge < -0.3 is 15.3 Å². The van der Waals surface area contributed by atoms with Crippen molar-refractivity contribution in [3.8, 4) is 0 Å². The average molecular weight is 317 g/mol. The molecule has 0 saturated heterocycles. The number of nitrogens with zero attached hydrogens (tertiary/aromatic N) is 2. The molecule has 0 atom stereocenters. The molecule has 5 nitrogen and oxygen atoms in total. The lowest BCUT2D eigenvalue weighted by molar-refractivity contribution is 0.739. The fourth-order valence-electron chi connectivity index (χ4n) is 2.97. The van der Waals surface area contributed by atoms with Crippen LogP contribution >= 0.6 is 0 Å². The van der Waals surface area contributed by atoms with Gasteiger partial charge >= 0.3 is 0 Å². The van der Waals surface area contributed by atoms with E-state index in [1.807, 2.05) is 36.7 Å². The maximum absolute atomic E-state index is 4.30. The Balaban J connectivity index is 0.000000138. The van der Waals surface area contributed by atoms with E-state index in [1.54, 1.807) is 6.20 Å². The number of hydrogen-bond acceptors (Lipinski definition) is 3. The molecule has 0 fully saturated rings. The van der Waals surface area contributed by atoms with Crippen molar-refractivity contribution < 1.29 is 0 Å². The molecule has 5 rings (SSSR count). The molecule has 0 aliphatic carbocycles. The molecule has 0 bridgehead atoms. The van der Waals surface area contributed by atoms with Crippen molar-refractivity contribution in [3.63, 3.8) is 0 Å². The molecule has 120 valence electrons. The molecule has 4 aromatic rings. The molecule has 1 aliphatic rings. The van der Waals surface area contributed by atoms with Gasteiger partial charge in [0.15, 0.2) is 0 Å². The third-order valence-corrected chi connectivity index (χ3v) is 4.18. The zero-order chi connectivity index (χ0) is 16.2. The Labute approximate surface area is 139 Å². The molecular formula is C19H19N5. The normalized spacial score (nSPS) is 14.2. The van der Waals surface area contributed by atoms with Crippen molar-refractivity contribution in [1.82, 2.24) is 25.3 Å². The van der Waals surface area contributed by atoms with Crippen LogP contribution in [0.15, 0.2) is 61.2 Å². The predicted octanol–water partition coefficient (Wildman–Crippen LogP) is 3.50. The van der Waals surface area contributed by atoms with E-state index in [1.165, 1.54) is 16.5 Å². The number of nitrogens with one attached hydrogen (secondary N) is 3. The molecule has 3 N–H and O–H groups in total. The highest BCUT2D eigenvalue weighted by atomic mass is 14.9. The van der Waals surface area contributed by atoms with Crippen LogP contribution in [-0.4, -0.2) is 33.0 Å². The highest BCUT2D eigenvalue weighted by Crippen LogP contribution is 2.26. The Morgan fingerprint density at radius 1 is 0.917 bits per heavy atom. The first-order chi connectivity index (χ1) is 11.9. The van der Waals surface area contributed by atoms with Crippen molar-refractivity contribution >= 4 is 27.6 Å². The van der Waals surface area contributed by atoms with E-state index in [9.17, 15) is 0 Å². The van der Waals surface area contributed by atoms with Crippen molar-refractivity contribution in [1.29, 1.82) is 0 Å². The molecule has 0 amide bonds. The fourth-order valence-corrected chi connectivity index (χ4v) is 2.97. The molecule has 1 aliphatic heterocycles. The van der Waals surface area contributed by atoms with Gasteiger partial charge in [0.25, 0.3) is 0 Å². The molecule has 5 heteroatoms. The first-order valence-electron chi connectivity index (χ1n) is 8.12. The third-order valence-electron chi connectivity index (χ3n) is 4.18. The minimum atomic E-state index is 0.956. The summed E-state index contributed by atoms with van der Waals surface area (Å²) in [5, 5.41) is 5.71. The SMILES string of the molecule is C1=C(c2c[nH]c3ncccc23)CCNC1.c1cnc2[nH]ccc2c1. The van der Waals surface area contributed by atoms with Crippen molar-refractivity contribution in [2.75, 3.05) is 13.1 Å². The monoisotopic (exact) mass is 317 g/mol. The molecule has 0 unspecified atom stereocenters. The second-order valence-electron chi connectivity index (χ2n) is 5.70. The minimum absolute atomic E-state index is 0.956. The summed E-state index contributed by atoms with van der Waals surface area (Å²) in [6.07, 6.45) is 10.9. The Kier molecular flexibility index (Phi) is 4.08. The fraction of sp³-hybridized carbons (Fsp3) is 0.158. The lowest BCUT2D eigenvalue weighted by Gasteiger charge is -2.12. The first-order valence-corrected chi connectivity index (χ1v) is 8.12. The van der Waals surface area contributed by atoms with Gasteiger partial charge in [-0.1, -0.05) is 6.08 Å². The molecule has 5 heterocycles. The van der Waals surface area contributed by atoms with Gasteiger partial charge in [-0.25, -0.2) is 9.97 Å². The topological polar surface area (TPSA) is 69.4 Å². The number of rotatable bonds is 1. The molecule has 4 aromatic heterocycles. The van der Waals surface area contributed by atoms with Gasteiger partial charge in [-0.2, -0.15) is 0 Å². The highest BCUT2D eigenvalue weighted by molar-refractivity contribution is 5.90. The van der Waals surface area contributed by atoms with Gasteiger partial charge in [-0.05, 0) is 48.9 Å². The van der Waals surface area contributed by atoms with E-state index in [4.69, 9.17) is 0 Å². The zero-order valence-electron chi connectivity index (χ0n) is 13.3. The molecule has 0 aromatic carbocycles. The summed E-state index contributed by atoms with van der Waals surface area (Å²) in [6, 6.07) is 10.1. The molecule has 0 spiro atoms. The minimum Gasteiger partial charge on any atom is -0.346 e. The zero-order valence-corrected chi connectivity index (χ0v) is 13.3. The van der Waals surface area contributed by atoms with E-state index in [0.717, 1.165) is 36.2 Å². The summed E-state index contributed by atoms with van der Waals surface area (Å²) < 4.78 is 0. The Morgan fingerprint density at radius 3 is 2.62 bits per heavy atom. The van der Waals surface area contributed by atoms with Gasteiger partial charge in [0.1, 0.15) is 11.3 Å². The molecule has 0 radical (unpaired) electrons. The molecule has 24 heavy (non-hydrogen) atoms.